The number of carboxylic acid groups (broad SMARTS) is 1. The number of carboxylic acids is 1. The van der Waals surface area contributed by atoms with Gasteiger partial charge in [0.2, 0.25) is 15.2 Å². The molecule has 0 amide bonds. The molecule has 0 atom stereocenters. The second kappa shape index (κ2) is 8.35. The third-order valence-corrected chi connectivity index (χ3v) is 6.49. The third kappa shape index (κ3) is 4.46. The fraction of sp³-hybridized carbons (Fsp3) is 0.0500. The van der Waals surface area contributed by atoms with Gasteiger partial charge in [-0.1, -0.05) is 12.1 Å². The highest BCUT2D eigenvalue weighted by Crippen LogP contribution is 2.33. The molecule has 5 N–H and O–H groups in total. The number of halogens is 2. The van der Waals surface area contributed by atoms with Crippen LogP contribution in [0.4, 0.5) is 14.6 Å². The van der Waals surface area contributed by atoms with Crippen LogP contribution >= 0.6 is 11.3 Å². The van der Waals surface area contributed by atoms with Gasteiger partial charge in [0.25, 0.3) is 0 Å². The highest BCUT2D eigenvalue weighted by molar-refractivity contribution is 7.89. The summed E-state index contributed by atoms with van der Waals surface area (Å²) in [5.41, 5.74) is 7.66. The van der Waals surface area contributed by atoms with E-state index in [1.807, 2.05) is 0 Å². The van der Waals surface area contributed by atoms with E-state index in [9.17, 15) is 22.0 Å². The van der Waals surface area contributed by atoms with Gasteiger partial charge in [0.05, 0.1) is 10.6 Å². The lowest BCUT2D eigenvalue weighted by atomic mass is 10.0. The summed E-state index contributed by atoms with van der Waals surface area (Å²) in [6.45, 7) is 0. The Kier molecular flexibility index (Phi) is 5.69. The Balaban J connectivity index is 1.83. The van der Waals surface area contributed by atoms with E-state index in [1.54, 1.807) is 0 Å². The smallest absolute Gasteiger partial charge is 0.355 e. The van der Waals surface area contributed by atoms with Gasteiger partial charge in [0.15, 0.2) is 17.3 Å². The van der Waals surface area contributed by atoms with Crippen LogP contribution in [-0.2, 0) is 16.4 Å². The van der Waals surface area contributed by atoms with Gasteiger partial charge in [0.1, 0.15) is 5.82 Å². The number of hydrogen-bond acceptors (Lipinski definition) is 7. The lowest BCUT2D eigenvalue weighted by Gasteiger charge is -2.06. The Morgan fingerprint density at radius 1 is 1.12 bits per heavy atom. The van der Waals surface area contributed by atoms with Gasteiger partial charge in [-0.15, -0.1) is 11.3 Å². The first-order valence-corrected chi connectivity index (χ1v) is 11.6. The van der Waals surface area contributed by atoms with E-state index in [4.69, 9.17) is 16.0 Å². The monoisotopic (exact) mass is 491 g/mol. The van der Waals surface area contributed by atoms with Gasteiger partial charge >= 0.3 is 5.97 Å². The molecule has 0 unspecified atom stereocenters. The minimum Gasteiger partial charge on any atom is -0.476 e. The molecule has 9 nitrogen and oxygen atoms in total. The highest BCUT2D eigenvalue weighted by atomic mass is 32.2. The number of primary sulfonamides is 1. The third-order valence-electron chi connectivity index (χ3n) is 4.74. The van der Waals surface area contributed by atoms with E-state index in [0.717, 1.165) is 23.5 Å². The summed E-state index contributed by atoms with van der Waals surface area (Å²) in [4.78, 5) is 15.1. The first-order valence-electron chi connectivity index (χ1n) is 9.18. The minimum absolute atomic E-state index is 0.0697. The van der Waals surface area contributed by atoms with Crippen molar-refractivity contribution in [2.45, 2.75) is 11.3 Å². The molecular formula is C20H15F2N5O4S2. The van der Waals surface area contributed by atoms with Crippen LogP contribution < -0.4 is 10.9 Å². The predicted molar refractivity (Wildman–Crippen MR) is 117 cm³/mol. The maximum Gasteiger partial charge on any atom is 0.355 e. The zero-order valence-electron chi connectivity index (χ0n) is 16.6. The number of benzene rings is 2. The zero-order chi connectivity index (χ0) is 23.9. The van der Waals surface area contributed by atoms with Gasteiger partial charge < -0.3 is 10.8 Å². The molecule has 13 heteroatoms. The van der Waals surface area contributed by atoms with Crippen molar-refractivity contribution in [1.82, 2.24) is 14.8 Å². The topological polar surface area (TPSA) is 154 Å². The summed E-state index contributed by atoms with van der Waals surface area (Å²) in [6.07, 6.45) is 0.155. The number of nitrogen functional groups attached to an aromatic ring is 1. The number of rotatable bonds is 6. The van der Waals surface area contributed by atoms with E-state index in [2.05, 4.69) is 10.1 Å². The van der Waals surface area contributed by atoms with Crippen molar-refractivity contribution >= 4 is 33.1 Å². The van der Waals surface area contributed by atoms with E-state index < -0.39 is 27.6 Å². The number of thiazole rings is 1. The van der Waals surface area contributed by atoms with E-state index in [-0.39, 0.29) is 39.2 Å². The molecule has 4 aromatic rings. The first-order chi connectivity index (χ1) is 15.5. The molecule has 2 heterocycles. The average molecular weight is 492 g/mol. The zero-order valence-corrected chi connectivity index (χ0v) is 18.2. The Morgan fingerprint density at radius 3 is 2.39 bits per heavy atom. The number of aromatic nitrogens is 3. The molecule has 0 saturated heterocycles. The van der Waals surface area contributed by atoms with Crippen LogP contribution in [0.5, 0.6) is 0 Å². The van der Waals surface area contributed by atoms with E-state index in [0.29, 0.717) is 11.1 Å². The number of sulfonamides is 1. The average Bonchev–Trinajstić information content (AvgIpc) is 3.36. The van der Waals surface area contributed by atoms with Crippen LogP contribution in [0.3, 0.4) is 0 Å². The minimum atomic E-state index is -3.87. The summed E-state index contributed by atoms with van der Waals surface area (Å²) >= 11 is 0.993. The number of aromatic carboxylic acids is 1. The van der Waals surface area contributed by atoms with Crippen LogP contribution in [-0.4, -0.2) is 34.3 Å². The lowest BCUT2D eigenvalue weighted by molar-refractivity contribution is 0.0691. The fourth-order valence-electron chi connectivity index (χ4n) is 3.12. The van der Waals surface area contributed by atoms with Gasteiger partial charge in [0, 0.05) is 22.9 Å². The van der Waals surface area contributed by atoms with E-state index in [1.165, 1.54) is 40.4 Å². The SMILES string of the molecule is Nc1c(Cc2ccc(S(N)(=O)=O)cc2)c(-c2ccc(F)c(F)c2)nn1-c1nc(C(=O)O)cs1. The van der Waals surface area contributed by atoms with Crippen LogP contribution in [0.15, 0.2) is 52.7 Å². The molecule has 0 fully saturated rings. The second-order valence-corrected chi connectivity index (χ2v) is 9.34. The molecule has 0 aliphatic carbocycles. The molecule has 0 aliphatic rings. The van der Waals surface area contributed by atoms with Crippen LogP contribution in [0, 0.1) is 11.6 Å². The summed E-state index contributed by atoms with van der Waals surface area (Å²) in [5, 5.41) is 20.1. The van der Waals surface area contributed by atoms with Crippen LogP contribution in [0.25, 0.3) is 16.4 Å². The Labute approximate surface area is 190 Å². The number of carbonyl (C=O) groups is 1. The van der Waals surface area contributed by atoms with Gasteiger partial charge in [-0.25, -0.2) is 32.1 Å². The van der Waals surface area contributed by atoms with Crippen LogP contribution in [0.1, 0.15) is 21.6 Å². The Morgan fingerprint density at radius 2 is 1.82 bits per heavy atom. The Bertz CT molecular complexity index is 1480. The second-order valence-electron chi connectivity index (χ2n) is 6.94. The van der Waals surface area contributed by atoms with Crippen molar-refractivity contribution in [3.63, 3.8) is 0 Å². The Hall–Kier alpha value is -3.68. The normalized spacial score (nSPS) is 11.6. The van der Waals surface area contributed by atoms with Crippen LogP contribution in [0.2, 0.25) is 0 Å². The van der Waals surface area contributed by atoms with Gasteiger partial charge in [-0.05, 0) is 35.9 Å². The van der Waals surface area contributed by atoms with Gasteiger partial charge in [-0.3, -0.25) is 0 Å². The van der Waals surface area contributed by atoms with E-state index >= 15 is 0 Å². The van der Waals surface area contributed by atoms with Crippen molar-refractivity contribution in [1.29, 1.82) is 0 Å². The molecule has 0 saturated carbocycles. The lowest BCUT2D eigenvalue weighted by Crippen LogP contribution is -2.11. The number of nitrogens with two attached hydrogens (primary N) is 2. The quantitative estimate of drug-likeness (QED) is 0.375. The maximum absolute atomic E-state index is 13.9. The molecule has 2 aromatic heterocycles. The number of nitrogens with zero attached hydrogens (tertiary/aromatic N) is 3. The fourth-order valence-corrected chi connectivity index (χ4v) is 4.40. The molecular weight excluding hydrogens is 476 g/mol. The number of hydrogen-bond donors (Lipinski definition) is 3. The summed E-state index contributed by atoms with van der Waals surface area (Å²) in [7, 11) is -3.87. The van der Waals surface area contributed by atoms with Crippen molar-refractivity contribution < 1.29 is 27.1 Å². The summed E-state index contributed by atoms with van der Waals surface area (Å²) in [5.74, 6) is -3.22. The molecule has 170 valence electrons. The summed E-state index contributed by atoms with van der Waals surface area (Å²) in [6, 6.07) is 9.01. The highest BCUT2D eigenvalue weighted by Gasteiger charge is 2.22. The molecule has 0 spiro atoms. The number of anilines is 1. The van der Waals surface area contributed by atoms with Gasteiger partial charge in [-0.2, -0.15) is 9.78 Å². The molecule has 2 aromatic carbocycles. The molecule has 0 aliphatic heterocycles. The largest absolute Gasteiger partial charge is 0.476 e. The summed E-state index contributed by atoms with van der Waals surface area (Å²) < 4.78 is 51.6. The molecule has 0 bridgehead atoms. The van der Waals surface area contributed by atoms with Crippen molar-refractivity contribution in [3.05, 3.63) is 76.3 Å². The molecule has 4 rings (SSSR count). The maximum atomic E-state index is 13.9. The molecule has 0 radical (unpaired) electrons. The predicted octanol–water partition coefficient (Wildman–Crippen LogP) is 2.79. The van der Waals surface area contributed by atoms with Crippen molar-refractivity contribution in [3.8, 4) is 16.4 Å². The van der Waals surface area contributed by atoms with Crippen molar-refractivity contribution in [2.24, 2.45) is 5.14 Å². The standard InChI is InChI=1S/C20H15F2N5O4S2/c21-14-6-3-11(8-15(14)22)17-13(7-10-1-4-12(5-2-10)33(24,30)31)18(23)27(26-17)20-25-16(9-32-20)19(28)29/h1-6,8-9H,7,23H2,(H,28,29)(H2,24,30,31). The van der Waals surface area contributed by atoms with Crippen molar-refractivity contribution in [2.75, 3.05) is 5.73 Å². The first kappa shape index (κ1) is 22.5. The molecule has 33 heavy (non-hydrogen) atoms.